The fraction of sp³-hybridized carbons (Fsp3) is 0.552. The molecule has 0 radical (unpaired) electrons. The summed E-state index contributed by atoms with van der Waals surface area (Å²) in [4.78, 5) is 12.1. The summed E-state index contributed by atoms with van der Waals surface area (Å²) in [7, 11) is 0.941. The number of nitrogens with zero attached hydrogens (tertiary/aromatic N) is 1. The molecule has 11 heteroatoms. The molecule has 0 spiro atoms. The number of rotatable bonds is 3. The molecular formula is C29H39BClFN2O6. The fourth-order valence-corrected chi connectivity index (χ4v) is 5.69. The van der Waals surface area contributed by atoms with Crippen LogP contribution in [0.5, 0.6) is 5.75 Å². The minimum absolute atomic E-state index is 0.0795. The van der Waals surface area contributed by atoms with Gasteiger partial charge in [0.05, 0.1) is 28.9 Å². The van der Waals surface area contributed by atoms with Gasteiger partial charge in [0.1, 0.15) is 17.2 Å². The van der Waals surface area contributed by atoms with Gasteiger partial charge in [-0.25, -0.2) is 9.18 Å². The van der Waals surface area contributed by atoms with Gasteiger partial charge >= 0.3 is 13.3 Å². The molecule has 2 saturated heterocycles. The van der Waals surface area contributed by atoms with Gasteiger partial charge < -0.3 is 34.1 Å². The fourth-order valence-electron chi connectivity index (χ4n) is 5.43. The van der Waals surface area contributed by atoms with Crippen LogP contribution in [0.25, 0.3) is 0 Å². The summed E-state index contributed by atoms with van der Waals surface area (Å²) in [5.74, 6) is 0.351. The predicted octanol–water partition coefficient (Wildman–Crippen LogP) is 5.13. The summed E-state index contributed by atoms with van der Waals surface area (Å²) in [6, 6.07) is 9.69. The smallest absolute Gasteiger partial charge is 0.497 e. The van der Waals surface area contributed by atoms with Gasteiger partial charge in [-0.15, -0.1) is 0 Å². The molecule has 2 N–H and O–H groups in total. The lowest BCUT2D eigenvalue weighted by molar-refractivity contribution is 0.00578. The number of nitrogens with one attached hydrogen (secondary N) is 1. The Hall–Kier alpha value is -2.53. The van der Waals surface area contributed by atoms with Crippen molar-refractivity contribution >= 4 is 36.0 Å². The van der Waals surface area contributed by atoms with E-state index in [9.17, 15) is 4.79 Å². The minimum atomic E-state index is -1.22. The van der Waals surface area contributed by atoms with E-state index in [4.69, 9.17) is 30.8 Å². The van der Waals surface area contributed by atoms with Crippen molar-refractivity contribution in [1.82, 2.24) is 5.32 Å². The van der Waals surface area contributed by atoms with Crippen LogP contribution in [0.2, 0.25) is 5.02 Å². The number of halogens is 2. The molecule has 3 aliphatic rings. The summed E-state index contributed by atoms with van der Waals surface area (Å²) < 4.78 is 37.6. The second kappa shape index (κ2) is 10.7. The van der Waals surface area contributed by atoms with Gasteiger partial charge in [-0.3, -0.25) is 0 Å². The van der Waals surface area contributed by atoms with Crippen molar-refractivity contribution in [3.05, 3.63) is 52.3 Å². The van der Waals surface area contributed by atoms with E-state index in [-0.39, 0.29) is 10.6 Å². The highest BCUT2D eigenvalue weighted by Crippen LogP contribution is 2.48. The molecule has 40 heavy (non-hydrogen) atoms. The van der Waals surface area contributed by atoms with Crippen LogP contribution in [0.4, 0.5) is 14.9 Å². The zero-order chi connectivity index (χ0) is 29.7. The summed E-state index contributed by atoms with van der Waals surface area (Å²) in [6.45, 7) is 15.3. The molecule has 0 saturated carbocycles. The van der Waals surface area contributed by atoms with E-state index in [0.29, 0.717) is 11.9 Å². The highest BCUT2D eigenvalue weighted by atomic mass is 35.5. The first-order valence-electron chi connectivity index (χ1n) is 13.4. The molecular weight excluding hydrogens is 538 g/mol. The molecule has 3 aliphatic heterocycles. The molecule has 0 aromatic heterocycles. The van der Waals surface area contributed by atoms with E-state index >= 15 is 4.39 Å². The Morgan fingerprint density at radius 2 is 1.82 bits per heavy atom. The molecule has 218 valence electrons. The first-order chi connectivity index (χ1) is 18.5. The first-order valence-corrected chi connectivity index (χ1v) is 13.8. The predicted molar refractivity (Wildman–Crippen MR) is 155 cm³/mol. The Labute approximate surface area is 241 Å². The molecule has 2 fully saturated rings. The zero-order valence-electron chi connectivity index (χ0n) is 24.5. The number of methoxy groups -OCH3 is 1. The van der Waals surface area contributed by atoms with Crippen LogP contribution in [0.1, 0.15) is 59.6 Å². The molecule has 8 nitrogen and oxygen atoms in total. The Morgan fingerprint density at radius 1 is 1.18 bits per heavy atom. The standard InChI is InChI=1S/C24H29BClFN2O3.C5H10O3/c1-22(2)23(3,4)32-25(31-22)20-17-13-24(15-7-6-8-16(11-15)30-5)14-28-9-10-29(24)19(17)12-18(27)21(20)26;1-5(2,3)8-4(6)7/h6-8,11-12,28H,9-10,13-14H2,1-5H3;1-3H3,(H,6,7). The largest absolute Gasteiger partial charge is 0.506 e. The molecule has 1 atom stereocenters. The Bertz CT molecular complexity index is 1270. The van der Waals surface area contributed by atoms with Gasteiger partial charge in [-0.05, 0) is 77.8 Å². The number of ether oxygens (including phenoxy) is 2. The van der Waals surface area contributed by atoms with Crippen molar-refractivity contribution in [2.75, 3.05) is 31.6 Å². The van der Waals surface area contributed by atoms with Crippen molar-refractivity contribution in [2.24, 2.45) is 0 Å². The van der Waals surface area contributed by atoms with Crippen molar-refractivity contribution in [3.8, 4) is 5.75 Å². The lowest BCUT2D eigenvalue weighted by Gasteiger charge is -2.45. The van der Waals surface area contributed by atoms with Crippen molar-refractivity contribution in [1.29, 1.82) is 0 Å². The maximum absolute atomic E-state index is 15.2. The number of piperazine rings is 1. The summed E-state index contributed by atoms with van der Waals surface area (Å²) in [5.41, 5.74) is 1.54. The van der Waals surface area contributed by atoms with Gasteiger partial charge in [0.2, 0.25) is 0 Å². The number of carbonyl (C=O) groups is 1. The Kier molecular flexibility index (Phi) is 8.15. The number of benzene rings is 2. The van der Waals surface area contributed by atoms with Crippen molar-refractivity contribution in [3.63, 3.8) is 0 Å². The first kappa shape index (κ1) is 30.4. The second-order valence-electron chi connectivity index (χ2n) is 12.4. The molecule has 1 unspecified atom stereocenters. The molecule has 2 aromatic carbocycles. The number of anilines is 1. The lowest BCUT2D eigenvalue weighted by atomic mass is 9.73. The maximum Gasteiger partial charge on any atom is 0.506 e. The number of hydrogen-bond donors (Lipinski definition) is 2. The Morgan fingerprint density at radius 3 is 2.38 bits per heavy atom. The van der Waals surface area contributed by atoms with E-state index in [2.05, 4.69) is 27.1 Å². The van der Waals surface area contributed by atoms with Crippen LogP contribution in [-0.4, -0.2) is 61.9 Å². The van der Waals surface area contributed by atoms with E-state index in [0.717, 1.165) is 42.2 Å². The van der Waals surface area contributed by atoms with E-state index in [1.807, 2.05) is 39.8 Å². The van der Waals surface area contributed by atoms with Gasteiger partial charge in [0.25, 0.3) is 0 Å². The molecule has 0 aliphatic carbocycles. The number of fused-ring (bicyclic) bond motifs is 3. The average Bonchev–Trinajstić information content (AvgIpc) is 3.28. The van der Waals surface area contributed by atoms with E-state index in [1.54, 1.807) is 33.9 Å². The molecule has 3 heterocycles. The van der Waals surface area contributed by atoms with Gasteiger partial charge in [0.15, 0.2) is 0 Å². The summed E-state index contributed by atoms with van der Waals surface area (Å²) in [5, 5.41) is 11.6. The molecule has 0 amide bonds. The number of hydrogen-bond acceptors (Lipinski definition) is 7. The van der Waals surface area contributed by atoms with E-state index in [1.165, 1.54) is 0 Å². The molecule has 2 aromatic rings. The third-order valence-corrected chi connectivity index (χ3v) is 8.42. The number of carboxylic acid groups (broad SMARTS) is 1. The highest BCUT2D eigenvalue weighted by molar-refractivity contribution is 6.66. The molecule has 0 bridgehead atoms. The van der Waals surface area contributed by atoms with Gasteiger partial charge in [-0.1, -0.05) is 23.7 Å². The van der Waals surface area contributed by atoms with E-state index < -0.39 is 35.9 Å². The van der Waals surface area contributed by atoms with Crippen LogP contribution >= 0.6 is 11.6 Å². The summed E-state index contributed by atoms with van der Waals surface area (Å²) in [6.07, 6.45) is -0.556. The molecule has 5 rings (SSSR count). The third-order valence-electron chi connectivity index (χ3n) is 8.04. The average molecular weight is 577 g/mol. The second-order valence-corrected chi connectivity index (χ2v) is 12.8. The van der Waals surface area contributed by atoms with Crippen LogP contribution in [-0.2, 0) is 26.0 Å². The SMILES string of the molecule is CC(C)(C)OC(=O)O.COc1cccc(C23CNCCN2c2cc(F)c(Cl)c(B4OC(C)(C)C(C)(C)O4)c2C3)c1. The maximum atomic E-state index is 15.2. The van der Waals surface area contributed by atoms with Gasteiger partial charge in [0, 0.05) is 37.2 Å². The Balaban J connectivity index is 0.000000406. The van der Waals surface area contributed by atoms with Crippen molar-refractivity contribution in [2.45, 2.75) is 77.2 Å². The third kappa shape index (κ3) is 5.64. The monoisotopic (exact) mass is 576 g/mol. The highest BCUT2D eigenvalue weighted by Gasteiger charge is 2.55. The van der Waals surface area contributed by atoms with Crippen LogP contribution in [0.15, 0.2) is 30.3 Å². The topological polar surface area (TPSA) is 89.5 Å². The van der Waals surface area contributed by atoms with Gasteiger partial charge in [-0.2, -0.15) is 0 Å². The van der Waals surface area contributed by atoms with Crippen molar-refractivity contribution < 1.29 is 33.1 Å². The zero-order valence-corrected chi connectivity index (χ0v) is 25.2. The quantitative estimate of drug-likeness (QED) is 0.384. The lowest BCUT2D eigenvalue weighted by Crippen LogP contribution is -2.58. The summed E-state index contributed by atoms with van der Waals surface area (Å²) >= 11 is 6.59. The van der Waals surface area contributed by atoms with Crippen LogP contribution < -0.4 is 20.4 Å². The normalized spacial score (nSPS) is 22.6. The van der Waals surface area contributed by atoms with Crippen LogP contribution in [0.3, 0.4) is 0 Å². The van der Waals surface area contributed by atoms with Crippen LogP contribution in [0, 0.1) is 5.82 Å². The minimum Gasteiger partial charge on any atom is -0.497 e.